The molecule has 0 N–H and O–H groups in total. The minimum absolute atomic E-state index is 0.368. The third-order valence-corrected chi connectivity index (χ3v) is 8.63. The average molecular weight is 551 g/mol. The molecule has 0 atom stereocenters. The molecule has 1 aliphatic heterocycles. The number of para-hydroxylation sites is 1. The van der Waals surface area contributed by atoms with Crippen molar-refractivity contribution in [1.82, 2.24) is 24.1 Å². The maximum atomic E-state index is 13.1. The van der Waals surface area contributed by atoms with Gasteiger partial charge in [-0.1, -0.05) is 78.9 Å². The fourth-order valence-electron chi connectivity index (χ4n) is 5.01. The van der Waals surface area contributed by atoms with Crippen LogP contribution in [-0.4, -0.2) is 58.7 Å². The van der Waals surface area contributed by atoms with E-state index in [9.17, 15) is 8.42 Å². The van der Waals surface area contributed by atoms with E-state index in [-0.39, 0.29) is 0 Å². The smallest absolute Gasteiger partial charge is 0.236 e. The van der Waals surface area contributed by atoms with Crippen molar-refractivity contribution in [3.63, 3.8) is 0 Å². The summed E-state index contributed by atoms with van der Waals surface area (Å²) >= 11 is 0. The lowest BCUT2D eigenvalue weighted by Crippen LogP contribution is -2.48. The molecule has 0 amide bonds. The number of fused-ring (bicyclic) bond motifs is 1. The number of anilines is 1. The van der Waals surface area contributed by atoms with E-state index in [2.05, 4.69) is 17.0 Å². The number of aryl methyl sites for hydroxylation is 1. The molecule has 5 aromatic rings. The zero-order valence-electron chi connectivity index (χ0n) is 22.3. The molecule has 1 saturated heterocycles. The Balaban J connectivity index is 1.32. The van der Waals surface area contributed by atoms with E-state index in [1.807, 2.05) is 90.5 Å². The molecule has 2 aromatic heterocycles. The Hall–Kier alpha value is -4.34. The Morgan fingerprint density at radius 1 is 0.800 bits per heavy atom. The number of hydrogen-bond donors (Lipinski definition) is 0. The molecule has 40 heavy (non-hydrogen) atoms. The summed E-state index contributed by atoms with van der Waals surface area (Å²) in [7, 11) is -3.54. The fraction of sp³-hybridized carbons (Fsp3) is 0.194. The monoisotopic (exact) mass is 550 g/mol. The number of benzene rings is 3. The first-order valence-corrected chi connectivity index (χ1v) is 14.8. The second-order valence-electron chi connectivity index (χ2n) is 9.80. The second-order valence-corrected chi connectivity index (χ2v) is 11.6. The van der Waals surface area contributed by atoms with E-state index in [4.69, 9.17) is 15.1 Å². The van der Waals surface area contributed by atoms with Crippen molar-refractivity contribution >= 4 is 33.0 Å². The van der Waals surface area contributed by atoms with Crippen LogP contribution in [0.5, 0.6) is 0 Å². The average Bonchev–Trinajstić information content (AvgIpc) is 3.33. The summed E-state index contributed by atoms with van der Waals surface area (Å²) in [6.45, 7) is 3.75. The largest absolute Gasteiger partial charge is 0.353 e. The highest BCUT2D eigenvalue weighted by Crippen LogP contribution is 2.30. The van der Waals surface area contributed by atoms with Crippen LogP contribution >= 0.6 is 0 Å². The van der Waals surface area contributed by atoms with Crippen LogP contribution in [0.15, 0.2) is 96.4 Å². The quantitative estimate of drug-likeness (QED) is 0.288. The van der Waals surface area contributed by atoms with Crippen LogP contribution in [0.1, 0.15) is 22.6 Å². The number of hydrogen-bond acceptors (Lipinski definition) is 6. The molecule has 0 bridgehead atoms. The molecule has 9 heteroatoms. The molecule has 0 unspecified atom stereocenters. The van der Waals surface area contributed by atoms with Crippen molar-refractivity contribution in [2.75, 3.05) is 31.1 Å². The van der Waals surface area contributed by atoms with Gasteiger partial charge >= 0.3 is 0 Å². The van der Waals surface area contributed by atoms with E-state index in [0.29, 0.717) is 38.4 Å². The van der Waals surface area contributed by atoms with E-state index in [1.54, 1.807) is 6.08 Å². The summed E-state index contributed by atoms with van der Waals surface area (Å²) in [5.41, 5.74) is 4.49. The van der Waals surface area contributed by atoms with Crippen LogP contribution in [0.25, 0.3) is 22.8 Å². The molecule has 202 valence electrons. The molecule has 3 aromatic carbocycles. The minimum Gasteiger partial charge on any atom is -0.353 e. The molecule has 0 aliphatic carbocycles. The predicted molar refractivity (Wildman–Crippen MR) is 159 cm³/mol. The van der Waals surface area contributed by atoms with Crippen molar-refractivity contribution in [1.29, 1.82) is 0 Å². The molecule has 0 radical (unpaired) electrons. The van der Waals surface area contributed by atoms with Crippen LogP contribution in [0, 0.1) is 6.92 Å². The van der Waals surface area contributed by atoms with Crippen molar-refractivity contribution in [3.05, 3.63) is 119 Å². The first-order valence-electron chi connectivity index (χ1n) is 13.3. The zero-order chi connectivity index (χ0) is 27.5. The van der Waals surface area contributed by atoms with Gasteiger partial charge < -0.3 is 4.90 Å². The molecule has 1 aliphatic rings. The molecule has 6 rings (SSSR count). The predicted octanol–water partition coefficient (Wildman–Crippen LogP) is 4.84. The van der Waals surface area contributed by atoms with Crippen molar-refractivity contribution in [3.8, 4) is 5.69 Å². The standard InChI is InChI=1S/C31H30N6O2S/c1-24-29-30(35-18-20-36(21-19-35)40(38,39)22-17-25-11-5-2-6-12-25)32-28(23-26-13-7-3-8-14-26)33-31(29)37(34-24)27-15-9-4-10-16-27/h2-17,22H,18-21,23H2,1H3/b22-17+. The minimum atomic E-state index is -3.54. The number of nitrogens with zero attached hydrogens (tertiary/aromatic N) is 6. The number of aromatic nitrogens is 4. The van der Waals surface area contributed by atoms with Gasteiger partial charge in [-0.05, 0) is 36.3 Å². The molecule has 8 nitrogen and oxygen atoms in total. The summed E-state index contributed by atoms with van der Waals surface area (Å²) in [6.07, 6.45) is 2.23. The number of piperazine rings is 1. The van der Waals surface area contributed by atoms with Gasteiger partial charge in [0.05, 0.1) is 16.8 Å². The SMILES string of the molecule is Cc1nn(-c2ccccc2)c2nc(Cc3ccccc3)nc(N3CCN(S(=O)(=O)/C=C/c4ccccc4)CC3)c12. The highest BCUT2D eigenvalue weighted by molar-refractivity contribution is 7.92. The topological polar surface area (TPSA) is 84.2 Å². The lowest BCUT2D eigenvalue weighted by Gasteiger charge is -2.34. The zero-order valence-corrected chi connectivity index (χ0v) is 23.1. The Morgan fingerprint density at radius 2 is 1.43 bits per heavy atom. The first-order chi connectivity index (χ1) is 19.5. The Kier molecular flexibility index (Phi) is 7.15. The maximum absolute atomic E-state index is 13.1. The summed E-state index contributed by atoms with van der Waals surface area (Å²) in [5, 5.41) is 7.03. The van der Waals surface area contributed by atoms with Crippen LogP contribution in [0.4, 0.5) is 5.82 Å². The second kappa shape index (κ2) is 11.0. The van der Waals surface area contributed by atoms with Crippen LogP contribution in [0.2, 0.25) is 0 Å². The maximum Gasteiger partial charge on any atom is 0.236 e. The van der Waals surface area contributed by atoms with Crippen LogP contribution in [0.3, 0.4) is 0 Å². The van der Waals surface area contributed by atoms with Gasteiger partial charge in [-0.3, -0.25) is 0 Å². The van der Waals surface area contributed by atoms with Crippen LogP contribution < -0.4 is 4.90 Å². The van der Waals surface area contributed by atoms with Gasteiger partial charge in [0.15, 0.2) is 5.65 Å². The number of rotatable bonds is 7. The molecular formula is C31H30N6O2S. The molecular weight excluding hydrogens is 520 g/mol. The summed E-state index contributed by atoms with van der Waals surface area (Å²) in [6, 6.07) is 29.6. The molecule has 3 heterocycles. The summed E-state index contributed by atoms with van der Waals surface area (Å²) < 4.78 is 29.5. The van der Waals surface area contributed by atoms with Crippen molar-refractivity contribution in [2.45, 2.75) is 13.3 Å². The van der Waals surface area contributed by atoms with Gasteiger partial charge in [0.1, 0.15) is 11.6 Å². The lowest BCUT2D eigenvalue weighted by atomic mass is 10.1. The summed E-state index contributed by atoms with van der Waals surface area (Å²) in [5.74, 6) is 1.50. The Labute approximate surface area is 234 Å². The van der Waals surface area contributed by atoms with Gasteiger partial charge in [0, 0.05) is 38.0 Å². The van der Waals surface area contributed by atoms with E-state index < -0.39 is 10.0 Å². The van der Waals surface area contributed by atoms with E-state index in [0.717, 1.165) is 39.4 Å². The van der Waals surface area contributed by atoms with Gasteiger partial charge in [-0.25, -0.2) is 23.1 Å². The summed E-state index contributed by atoms with van der Waals surface area (Å²) in [4.78, 5) is 12.2. The molecule has 0 saturated carbocycles. The van der Waals surface area contributed by atoms with E-state index >= 15 is 0 Å². The normalized spacial score (nSPS) is 14.8. The Morgan fingerprint density at radius 3 is 2.10 bits per heavy atom. The lowest BCUT2D eigenvalue weighted by molar-refractivity contribution is 0.389. The Bertz CT molecular complexity index is 1750. The van der Waals surface area contributed by atoms with Gasteiger partial charge in [0.25, 0.3) is 0 Å². The third-order valence-electron chi connectivity index (χ3n) is 7.07. The van der Waals surface area contributed by atoms with Crippen LogP contribution in [-0.2, 0) is 16.4 Å². The van der Waals surface area contributed by atoms with Crippen molar-refractivity contribution in [2.24, 2.45) is 0 Å². The van der Waals surface area contributed by atoms with Gasteiger partial charge in [0.2, 0.25) is 10.0 Å². The fourth-order valence-corrected chi connectivity index (χ4v) is 6.18. The molecule has 1 fully saturated rings. The first kappa shape index (κ1) is 25.9. The third kappa shape index (κ3) is 5.38. The van der Waals surface area contributed by atoms with Gasteiger partial charge in [-0.15, -0.1) is 0 Å². The van der Waals surface area contributed by atoms with Gasteiger partial charge in [-0.2, -0.15) is 9.40 Å². The highest BCUT2D eigenvalue weighted by Gasteiger charge is 2.28. The number of sulfonamides is 1. The molecule has 0 spiro atoms. The van der Waals surface area contributed by atoms with Crippen molar-refractivity contribution < 1.29 is 8.42 Å². The highest BCUT2D eigenvalue weighted by atomic mass is 32.2. The van der Waals surface area contributed by atoms with E-state index in [1.165, 1.54) is 9.71 Å².